The summed E-state index contributed by atoms with van der Waals surface area (Å²) in [6.07, 6.45) is 5.17. The molecule has 148 valence electrons. The van der Waals surface area contributed by atoms with Gasteiger partial charge < -0.3 is 21.3 Å². The zero-order chi connectivity index (χ0) is 19.7. The smallest absolute Gasteiger partial charge is 0.229 e. The summed E-state index contributed by atoms with van der Waals surface area (Å²) in [5.41, 5.74) is 9.61. The van der Waals surface area contributed by atoms with Crippen LogP contribution in [0.3, 0.4) is 0 Å². The molecule has 2 aliphatic rings. The van der Waals surface area contributed by atoms with Crippen LogP contribution in [-0.2, 0) is 17.6 Å². The first-order valence-electron chi connectivity index (χ1n) is 9.73. The number of amides is 1. The third kappa shape index (κ3) is 4.14. The molecule has 0 bridgehead atoms. The molecule has 2 aromatic rings. The first-order valence-corrected chi connectivity index (χ1v) is 10.1. The van der Waals surface area contributed by atoms with Gasteiger partial charge >= 0.3 is 0 Å². The fourth-order valence-electron chi connectivity index (χ4n) is 4.06. The van der Waals surface area contributed by atoms with Crippen molar-refractivity contribution in [2.24, 2.45) is 0 Å². The predicted molar refractivity (Wildman–Crippen MR) is 112 cm³/mol. The second kappa shape index (κ2) is 7.83. The van der Waals surface area contributed by atoms with E-state index in [-0.39, 0.29) is 11.9 Å². The third-order valence-electron chi connectivity index (χ3n) is 5.23. The number of aryl methyl sites for hydroxylation is 1. The number of nitrogen functional groups attached to an aromatic ring is 1. The van der Waals surface area contributed by atoms with E-state index in [1.54, 1.807) is 13.0 Å². The molecule has 1 fully saturated rings. The molecular formula is C20H25ClN6O. The van der Waals surface area contributed by atoms with E-state index >= 15 is 0 Å². The molecule has 0 saturated carbocycles. The molecular weight excluding hydrogens is 376 g/mol. The number of nitrogens with zero attached hydrogens (tertiary/aromatic N) is 3. The number of hydrogen-bond donors (Lipinski definition) is 3. The molecule has 1 aliphatic carbocycles. The lowest BCUT2D eigenvalue weighted by Gasteiger charge is -2.25. The Labute approximate surface area is 169 Å². The van der Waals surface area contributed by atoms with Crippen LogP contribution >= 0.6 is 11.6 Å². The molecule has 4 N–H and O–H groups in total. The van der Waals surface area contributed by atoms with E-state index in [1.165, 1.54) is 5.56 Å². The number of carbonyl (C=O) groups excluding carboxylic acids is 1. The number of carbonyl (C=O) groups is 1. The third-order valence-corrected chi connectivity index (χ3v) is 5.45. The number of halogens is 1. The number of rotatable bonds is 4. The Morgan fingerprint density at radius 1 is 1.25 bits per heavy atom. The molecule has 0 spiro atoms. The van der Waals surface area contributed by atoms with E-state index in [0.717, 1.165) is 62.4 Å². The first-order chi connectivity index (χ1) is 13.5. The van der Waals surface area contributed by atoms with Crippen LogP contribution in [-0.4, -0.2) is 35.0 Å². The van der Waals surface area contributed by atoms with E-state index in [0.29, 0.717) is 16.7 Å². The van der Waals surface area contributed by atoms with Crippen molar-refractivity contribution in [2.45, 2.75) is 45.1 Å². The van der Waals surface area contributed by atoms with Gasteiger partial charge in [0.25, 0.3) is 0 Å². The van der Waals surface area contributed by atoms with Crippen LogP contribution in [0.25, 0.3) is 0 Å². The van der Waals surface area contributed by atoms with Crippen molar-refractivity contribution < 1.29 is 4.79 Å². The van der Waals surface area contributed by atoms with Gasteiger partial charge in [0, 0.05) is 48.0 Å². The number of aromatic nitrogens is 2. The largest absolute Gasteiger partial charge is 0.399 e. The second-order valence-electron chi connectivity index (χ2n) is 7.53. The summed E-state index contributed by atoms with van der Waals surface area (Å²) in [4.78, 5) is 23.3. The first kappa shape index (κ1) is 18.8. The van der Waals surface area contributed by atoms with Crippen LogP contribution in [0.2, 0.25) is 5.02 Å². The predicted octanol–water partition coefficient (Wildman–Crippen LogP) is 3.05. The zero-order valence-electron chi connectivity index (χ0n) is 16.0. The zero-order valence-corrected chi connectivity index (χ0v) is 16.7. The van der Waals surface area contributed by atoms with Crippen molar-refractivity contribution in [3.8, 4) is 0 Å². The average molecular weight is 401 g/mol. The van der Waals surface area contributed by atoms with Crippen LogP contribution in [0.5, 0.6) is 0 Å². The fraction of sp³-hybridized carbons (Fsp3) is 0.450. The summed E-state index contributed by atoms with van der Waals surface area (Å²) < 4.78 is 0. The maximum absolute atomic E-state index is 11.4. The monoisotopic (exact) mass is 400 g/mol. The van der Waals surface area contributed by atoms with Crippen molar-refractivity contribution in [3.05, 3.63) is 34.5 Å². The molecule has 4 rings (SSSR count). The lowest BCUT2D eigenvalue weighted by molar-refractivity contribution is -0.119. The topological polar surface area (TPSA) is 96.2 Å². The summed E-state index contributed by atoms with van der Waals surface area (Å²) in [7, 11) is 0. The molecule has 0 radical (unpaired) electrons. The van der Waals surface area contributed by atoms with Crippen LogP contribution < -0.4 is 21.3 Å². The van der Waals surface area contributed by atoms with E-state index < -0.39 is 0 Å². The highest BCUT2D eigenvalue weighted by Crippen LogP contribution is 2.32. The van der Waals surface area contributed by atoms with Crippen LogP contribution in [0.15, 0.2) is 18.2 Å². The molecule has 1 saturated heterocycles. The lowest BCUT2D eigenvalue weighted by atomic mass is 9.96. The fourth-order valence-corrected chi connectivity index (χ4v) is 4.31. The van der Waals surface area contributed by atoms with E-state index in [1.807, 2.05) is 12.1 Å². The van der Waals surface area contributed by atoms with Gasteiger partial charge in [-0.15, -0.1) is 0 Å². The Bertz CT molecular complexity index is 882. The maximum atomic E-state index is 11.4. The number of benzene rings is 1. The van der Waals surface area contributed by atoms with Gasteiger partial charge in [-0.3, -0.25) is 4.79 Å². The van der Waals surface area contributed by atoms with Gasteiger partial charge in [-0.05, 0) is 50.3 Å². The molecule has 2 heterocycles. The van der Waals surface area contributed by atoms with Crippen LogP contribution in [0, 0.1) is 0 Å². The summed E-state index contributed by atoms with van der Waals surface area (Å²) in [5.74, 6) is 1.55. The summed E-state index contributed by atoms with van der Waals surface area (Å²) in [6, 6.07) is 5.49. The number of nitrogens with two attached hydrogens (primary N) is 1. The quantitative estimate of drug-likeness (QED) is 0.682. The van der Waals surface area contributed by atoms with Gasteiger partial charge in [-0.2, -0.15) is 4.98 Å². The molecule has 28 heavy (non-hydrogen) atoms. The number of nitrogens with one attached hydrogen (secondary N) is 2. The lowest BCUT2D eigenvalue weighted by Crippen LogP contribution is -2.36. The molecule has 8 heteroatoms. The van der Waals surface area contributed by atoms with Crippen molar-refractivity contribution >= 4 is 40.6 Å². The van der Waals surface area contributed by atoms with Crippen molar-refractivity contribution in [1.29, 1.82) is 0 Å². The van der Waals surface area contributed by atoms with Crippen molar-refractivity contribution in [1.82, 2.24) is 15.3 Å². The number of anilines is 4. The Kier molecular flexibility index (Phi) is 5.26. The summed E-state index contributed by atoms with van der Waals surface area (Å²) >= 11 is 6.12. The van der Waals surface area contributed by atoms with Crippen LogP contribution in [0.4, 0.5) is 23.1 Å². The molecule has 0 unspecified atom stereocenters. The molecule has 1 aromatic carbocycles. The SMILES string of the molecule is CC(=O)N[C@H]1CCN(c2nc(Nc3cc(N)cc(Cl)c3)nc3c2CCCC3)C1. The summed E-state index contributed by atoms with van der Waals surface area (Å²) in [5, 5.41) is 6.85. The van der Waals surface area contributed by atoms with Crippen molar-refractivity contribution in [3.63, 3.8) is 0 Å². The molecule has 1 aliphatic heterocycles. The minimum Gasteiger partial charge on any atom is -0.399 e. The molecule has 1 aromatic heterocycles. The normalized spacial score (nSPS) is 18.6. The maximum Gasteiger partial charge on any atom is 0.229 e. The van der Waals surface area contributed by atoms with Crippen molar-refractivity contribution in [2.75, 3.05) is 29.0 Å². The molecule has 1 amide bonds. The average Bonchev–Trinajstić information content (AvgIpc) is 3.07. The number of fused-ring (bicyclic) bond motifs is 1. The highest BCUT2D eigenvalue weighted by Gasteiger charge is 2.28. The Morgan fingerprint density at radius 2 is 2.07 bits per heavy atom. The minimum absolute atomic E-state index is 0.0115. The van der Waals surface area contributed by atoms with E-state index in [2.05, 4.69) is 15.5 Å². The van der Waals surface area contributed by atoms with Gasteiger partial charge in [-0.25, -0.2) is 4.98 Å². The van der Waals surface area contributed by atoms with Gasteiger partial charge in [-0.1, -0.05) is 11.6 Å². The molecule has 1 atom stereocenters. The van der Waals surface area contributed by atoms with E-state index in [4.69, 9.17) is 27.3 Å². The Balaban J connectivity index is 1.64. The minimum atomic E-state index is 0.0115. The van der Waals surface area contributed by atoms with E-state index in [9.17, 15) is 4.79 Å². The second-order valence-corrected chi connectivity index (χ2v) is 7.97. The van der Waals surface area contributed by atoms with Gasteiger partial charge in [0.2, 0.25) is 11.9 Å². The highest BCUT2D eigenvalue weighted by molar-refractivity contribution is 6.31. The standard InChI is InChI=1S/C20H25ClN6O/c1-12(28)23-15-6-7-27(11-15)19-17-4-2-3-5-18(17)25-20(26-19)24-16-9-13(21)8-14(22)10-16/h8-10,15H,2-7,11,22H2,1H3,(H,23,28)(H,24,25,26)/t15-/m0/s1. The Hall–Kier alpha value is -2.54. The van der Waals surface area contributed by atoms with Crippen LogP contribution in [0.1, 0.15) is 37.4 Å². The molecule has 7 nitrogen and oxygen atoms in total. The van der Waals surface area contributed by atoms with Gasteiger partial charge in [0.1, 0.15) is 5.82 Å². The van der Waals surface area contributed by atoms with Gasteiger partial charge in [0.05, 0.1) is 5.69 Å². The summed E-state index contributed by atoms with van der Waals surface area (Å²) in [6.45, 7) is 3.21. The van der Waals surface area contributed by atoms with Gasteiger partial charge in [0.15, 0.2) is 0 Å². The Morgan fingerprint density at radius 3 is 2.86 bits per heavy atom. The number of hydrogen-bond acceptors (Lipinski definition) is 6. The highest BCUT2D eigenvalue weighted by atomic mass is 35.5.